The van der Waals surface area contributed by atoms with E-state index in [0.29, 0.717) is 5.56 Å². The molecule has 0 unspecified atom stereocenters. The molecule has 3 aromatic rings. The minimum atomic E-state index is -4.54. The molecule has 140 valence electrons. The molecule has 0 fully saturated rings. The van der Waals surface area contributed by atoms with Gasteiger partial charge < -0.3 is 4.52 Å². The van der Waals surface area contributed by atoms with Gasteiger partial charge in [-0.2, -0.15) is 12.6 Å². The molecule has 5 nitrogen and oxygen atoms in total. The van der Waals surface area contributed by atoms with Crippen molar-refractivity contribution in [2.24, 2.45) is 0 Å². The van der Waals surface area contributed by atoms with Crippen LogP contribution in [0.25, 0.3) is 22.3 Å². The Balaban J connectivity index is 0.00000126. The van der Waals surface area contributed by atoms with Crippen LogP contribution >= 0.6 is 20.5 Å². The Morgan fingerprint density at radius 1 is 0.741 bits per heavy atom. The number of hydrogen-bond acceptors (Lipinski definition) is 4. The molecule has 27 heavy (non-hydrogen) atoms. The van der Waals surface area contributed by atoms with Gasteiger partial charge >= 0.3 is 7.82 Å². The molecule has 0 aromatic heterocycles. The Morgan fingerprint density at radius 2 is 1.07 bits per heavy atom. The van der Waals surface area contributed by atoms with E-state index in [1.54, 1.807) is 30.5 Å². The second-order valence-electron chi connectivity index (χ2n) is 5.42. The van der Waals surface area contributed by atoms with Crippen molar-refractivity contribution in [3.63, 3.8) is 0 Å². The smallest absolute Gasteiger partial charge is 0.404 e. The molecule has 0 radical (unpaired) electrons. The number of phosphoric ester groups is 1. The van der Waals surface area contributed by atoms with Crippen molar-refractivity contribution in [2.75, 3.05) is 6.26 Å². The molecule has 3 rings (SSSR count). The van der Waals surface area contributed by atoms with Gasteiger partial charge in [0.25, 0.3) is 0 Å². The van der Waals surface area contributed by atoms with Crippen molar-refractivity contribution in [3.05, 3.63) is 78.4 Å². The first-order valence-electron chi connectivity index (χ1n) is 7.90. The van der Waals surface area contributed by atoms with Crippen LogP contribution in [-0.4, -0.2) is 22.3 Å². The van der Waals surface area contributed by atoms with E-state index in [9.17, 15) is 9.36 Å². The summed E-state index contributed by atoms with van der Waals surface area (Å²) in [6.07, 6.45) is 2.51. The van der Waals surface area contributed by atoms with E-state index in [2.05, 4.69) is 17.2 Å². The molecule has 0 aliphatic carbocycles. The summed E-state index contributed by atoms with van der Waals surface area (Å²) in [5, 5.41) is 0. The lowest BCUT2D eigenvalue weighted by Gasteiger charge is -2.08. The van der Waals surface area contributed by atoms with Gasteiger partial charge in [0.2, 0.25) is 0 Å². The molecule has 0 heterocycles. The predicted molar refractivity (Wildman–Crippen MR) is 110 cm³/mol. The van der Waals surface area contributed by atoms with Crippen LogP contribution < -0.4 is 4.52 Å². The summed E-state index contributed by atoms with van der Waals surface area (Å²) in [7, 11) is -4.54. The average molecular weight is 402 g/mol. The predicted octanol–water partition coefficient (Wildman–Crippen LogP) is 4.85. The minimum Gasteiger partial charge on any atom is -0.404 e. The molecule has 0 atom stereocenters. The molecule has 2 N–H and O–H groups in total. The van der Waals surface area contributed by atoms with Crippen LogP contribution in [0.5, 0.6) is 5.75 Å². The van der Waals surface area contributed by atoms with Gasteiger partial charge in [0.05, 0.1) is 0 Å². The Kier molecular flexibility index (Phi) is 7.39. The number of phosphoric acid groups is 1. The standard InChI is InChI=1S/C19H15O5P.CH4S/c20-13-14-1-3-15(4-2-14)16-5-7-17(8-6-16)18-9-11-19(12-10-18)24-25(21,22)23;1-2/h1-13H,(H2,21,22,23);2H,1H3. The fraction of sp³-hybridized carbons (Fsp3) is 0.0500. The van der Waals surface area contributed by atoms with Crippen molar-refractivity contribution >= 4 is 26.7 Å². The zero-order chi connectivity index (χ0) is 19.9. The van der Waals surface area contributed by atoms with E-state index in [1.165, 1.54) is 12.1 Å². The van der Waals surface area contributed by atoms with Crippen LogP contribution in [0.3, 0.4) is 0 Å². The molecule has 0 bridgehead atoms. The lowest BCUT2D eigenvalue weighted by Crippen LogP contribution is -1.89. The molecular weight excluding hydrogens is 383 g/mol. The third kappa shape index (κ3) is 6.08. The average Bonchev–Trinajstić information content (AvgIpc) is 2.69. The van der Waals surface area contributed by atoms with E-state index in [0.717, 1.165) is 28.5 Å². The number of thiol groups is 1. The first-order valence-corrected chi connectivity index (χ1v) is 10.3. The normalized spacial score (nSPS) is 10.5. The highest BCUT2D eigenvalue weighted by molar-refractivity contribution is 7.79. The second kappa shape index (κ2) is 9.53. The van der Waals surface area contributed by atoms with Crippen LogP contribution in [0.4, 0.5) is 0 Å². The van der Waals surface area contributed by atoms with Crippen molar-refractivity contribution in [1.29, 1.82) is 0 Å². The van der Waals surface area contributed by atoms with Gasteiger partial charge in [-0.25, -0.2) is 4.57 Å². The zero-order valence-corrected chi connectivity index (χ0v) is 16.3. The topological polar surface area (TPSA) is 83.8 Å². The first-order chi connectivity index (χ1) is 12.9. The largest absolute Gasteiger partial charge is 0.524 e. The van der Waals surface area contributed by atoms with Gasteiger partial charge in [-0.15, -0.1) is 0 Å². The molecule has 0 amide bonds. The third-order valence-corrected chi connectivity index (χ3v) is 4.13. The summed E-state index contributed by atoms with van der Waals surface area (Å²) in [6.45, 7) is 0. The summed E-state index contributed by atoms with van der Waals surface area (Å²) in [4.78, 5) is 28.3. The van der Waals surface area contributed by atoms with Crippen LogP contribution in [0, 0.1) is 0 Å². The lowest BCUT2D eigenvalue weighted by molar-refractivity contribution is 0.112. The highest BCUT2D eigenvalue weighted by Crippen LogP contribution is 2.38. The van der Waals surface area contributed by atoms with Crippen LogP contribution in [0.15, 0.2) is 72.8 Å². The maximum atomic E-state index is 10.8. The number of hydrogen-bond donors (Lipinski definition) is 3. The second-order valence-corrected chi connectivity index (χ2v) is 6.59. The van der Waals surface area contributed by atoms with Crippen LogP contribution in [0.2, 0.25) is 0 Å². The third-order valence-electron chi connectivity index (χ3n) is 3.68. The van der Waals surface area contributed by atoms with Crippen molar-refractivity contribution in [2.45, 2.75) is 0 Å². The van der Waals surface area contributed by atoms with E-state index < -0.39 is 7.82 Å². The van der Waals surface area contributed by atoms with Gasteiger partial charge in [0.15, 0.2) is 0 Å². The van der Waals surface area contributed by atoms with E-state index in [1.807, 2.05) is 36.4 Å². The van der Waals surface area contributed by atoms with E-state index in [-0.39, 0.29) is 5.75 Å². The Bertz CT molecular complexity index is 916. The fourth-order valence-electron chi connectivity index (χ4n) is 2.45. The van der Waals surface area contributed by atoms with Gasteiger partial charge in [-0.3, -0.25) is 14.6 Å². The minimum absolute atomic E-state index is 0.115. The molecule has 0 spiro atoms. The summed E-state index contributed by atoms with van der Waals surface area (Å²) in [6, 6.07) is 21.7. The molecule has 0 aliphatic rings. The lowest BCUT2D eigenvalue weighted by atomic mass is 10.00. The maximum Gasteiger partial charge on any atom is 0.524 e. The Morgan fingerprint density at radius 3 is 1.41 bits per heavy atom. The number of rotatable bonds is 5. The number of aldehydes is 1. The summed E-state index contributed by atoms with van der Waals surface area (Å²) >= 11 is 3.53. The van der Waals surface area contributed by atoms with E-state index in [4.69, 9.17) is 9.79 Å². The highest BCUT2D eigenvalue weighted by atomic mass is 32.1. The molecular formula is C20H19O5PS. The van der Waals surface area contributed by atoms with Gasteiger partial charge in [-0.1, -0.05) is 60.7 Å². The van der Waals surface area contributed by atoms with Crippen LogP contribution in [-0.2, 0) is 4.57 Å². The fourth-order valence-corrected chi connectivity index (χ4v) is 2.85. The quantitative estimate of drug-likeness (QED) is 0.323. The number of carbonyl (C=O) groups is 1. The summed E-state index contributed by atoms with van der Waals surface area (Å²) < 4.78 is 15.4. The Labute approximate surface area is 163 Å². The van der Waals surface area contributed by atoms with Crippen molar-refractivity contribution in [1.82, 2.24) is 0 Å². The van der Waals surface area contributed by atoms with Crippen LogP contribution in [0.1, 0.15) is 10.4 Å². The molecule has 0 saturated heterocycles. The SMILES string of the molecule is CS.O=Cc1ccc(-c2ccc(-c3ccc(OP(=O)(O)O)cc3)cc2)cc1. The van der Waals surface area contributed by atoms with E-state index >= 15 is 0 Å². The summed E-state index contributed by atoms with van der Waals surface area (Å²) in [5.74, 6) is 0.115. The maximum absolute atomic E-state index is 10.8. The molecule has 3 aromatic carbocycles. The Hall–Kier alpha value is -2.37. The van der Waals surface area contributed by atoms with Gasteiger partial charge in [0, 0.05) is 5.56 Å². The van der Waals surface area contributed by atoms with Gasteiger partial charge in [-0.05, 0) is 40.6 Å². The molecule has 0 aliphatic heterocycles. The molecule has 7 heteroatoms. The zero-order valence-electron chi connectivity index (χ0n) is 14.5. The number of carbonyl (C=O) groups excluding carboxylic acids is 1. The molecule has 0 saturated carbocycles. The van der Waals surface area contributed by atoms with Crippen molar-refractivity contribution in [3.8, 4) is 28.0 Å². The highest BCUT2D eigenvalue weighted by Gasteiger charge is 2.15. The monoisotopic (exact) mass is 402 g/mol. The number of benzene rings is 3. The first kappa shape index (κ1) is 20.9. The van der Waals surface area contributed by atoms with Gasteiger partial charge in [0.1, 0.15) is 12.0 Å². The summed E-state index contributed by atoms with van der Waals surface area (Å²) in [5.41, 5.74) is 4.56. The van der Waals surface area contributed by atoms with Crippen molar-refractivity contribution < 1.29 is 23.7 Å².